The molecule has 0 amide bonds. The molecule has 1 aliphatic carbocycles. The van der Waals surface area contributed by atoms with E-state index in [4.69, 9.17) is 23.2 Å². The predicted octanol–water partition coefficient (Wildman–Crippen LogP) is 7.25. The minimum Gasteiger partial charge on any atom is -0.243 e. The normalized spacial score (nSPS) is 20.6. The van der Waals surface area contributed by atoms with E-state index in [1.165, 1.54) is 61.6 Å². The van der Waals surface area contributed by atoms with Gasteiger partial charge in [-0.2, -0.15) is 0 Å². The molecule has 0 N–H and O–H groups in total. The average molecular weight is 376 g/mol. The van der Waals surface area contributed by atoms with Crippen molar-refractivity contribution in [3.05, 3.63) is 63.4 Å². The van der Waals surface area contributed by atoms with Crippen molar-refractivity contribution in [2.45, 2.75) is 64.2 Å². The van der Waals surface area contributed by atoms with Gasteiger partial charge >= 0.3 is 0 Å². The van der Waals surface area contributed by atoms with Crippen molar-refractivity contribution >= 4 is 23.2 Å². The van der Waals surface area contributed by atoms with Crippen LogP contribution in [-0.4, -0.2) is 4.98 Å². The van der Waals surface area contributed by atoms with E-state index in [2.05, 4.69) is 36.2 Å². The van der Waals surface area contributed by atoms with E-state index in [0.717, 1.165) is 18.3 Å². The number of benzene rings is 1. The maximum Gasteiger partial charge on any atom is 0.147 e. The van der Waals surface area contributed by atoms with Gasteiger partial charge in [-0.15, -0.1) is 0 Å². The number of nitrogens with zero attached hydrogens (tertiary/aromatic N) is 1. The van der Waals surface area contributed by atoms with Crippen molar-refractivity contribution < 1.29 is 0 Å². The van der Waals surface area contributed by atoms with E-state index < -0.39 is 0 Å². The summed E-state index contributed by atoms with van der Waals surface area (Å²) in [5.74, 6) is 1.57. The lowest BCUT2D eigenvalue weighted by molar-refractivity contribution is 0.310. The Morgan fingerprint density at radius 3 is 2.32 bits per heavy atom. The molecule has 0 unspecified atom stereocenters. The van der Waals surface area contributed by atoms with E-state index in [1.54, 1.807) is 0 Å². The Labute approximate surface area is 161 Å². The van der Waals surface area contributed by atoms with Gasteiger partial charge in [-0.05, 0) is 79.5 Å². The van der Waals surface area contributed by atoms with Crippen molar-refractivity contribution in [1.29, 1.82) is 0 Å². The molecule has 0 aliphatic heterocycles. The van der Waals surface area contributed by atoms with Gasteiger partial charge in [0.25, 0.3) is 0 Å². The first-order valence-corrected chi connectivity index (χ1v) is 10.3. The van der Waals surface area contributed by atoms with Crippen LogP contribution in [0.15, 0.2) is 36.5 Å². The standard InChI is InChI=1S/C22H27Cl2N/c1-2-3-16-6-10-19(11-7-16)20-12-8-17(9-13-20)4-5-18-14-21(23)22(24)25-15-18/h6-7,10-11,14-15,17,20H,2-5,8-9,12-13H2,1H3. The first-order valence-electron chi connectivity index (χ1n) is 9.54. The van der Waals surface area contributed by atoms with Crippen LogP contribution in [0.25, 0.3) is 0 Å². The fourth-order valence-electron chi connectivity index (χ4n) is 4.00. The lowest BCUT2D eigenvalue weighted by Crippen LogP contribution is -2.14. The summed E-state index contributed by atoms with van der Waals surface area (Å²) in [7, 11) is 0. The van der Waals surface area contributed by atoms with Gasteiger partial charge < -0.3 is 0 Å². The highest BCUT2D eigenvalue weighted by Crippen LogP contribution is 2.37. The molecule has 3 rings (SSSR count). The Hall–Kier alpha value is -1.05. The van der Waals surface area contributed by atoms with E-state index in [1.807, 2.05) is 12.3 Å². The number of pyridine rings is 1. The first-order chi connectivity index (χ1) is 12.2. The van der Waals surface area contributed by atoms with Crippen LogP contribution in [0.1, 0.15) is 68.1 Å². The molecule has 1 aromatic carbocycles. The molecule has 0 spiro atoms. The third-order valence-electron chi connectivity index (χ3n) is 5.53. The molecule has 0 saturated heterocycles. The molecule has 0 atom stereocenters. The average Bonchev–Trinajstić information content (AvgIpc) is 2.64. The number of aromatic nitrogens is 1. The fourth-order valence-corrected chi connectivity index (χ4v) is 4.29. The Bertz CT molecular complexity index is 673. The van der Waals surface area contributed by atoms with Crippen molar-refractivity contribution in [2.75, 3.05) is 0 Å². The van der Waals surface area contributed by atoms with Gasteiger partial charge in [-0.3, -0.25) is 0 Å². The lowest BCUT2D eigenvalue weighted by atomic mass is 9.77. The van der Waals surface area contributed by atoms with Crippen LogP contribution in [0.2, 0.25) is 10.2 Å². The van der Waals surface area contributed by atoms with E-state index in [-0.39, 0.29) is 0 Å². The van der Waals surface area contributed by atoms with E-state index >= 15 is 0 Å². The second-order valence-corrected chi connectivity index (χ2v) is 8.13. The molecule has 1 saturated carbocycles. The molecular formula is C22H27Cl2N. The largest absolute Gasteiger partial charge is 0.243 e. The monoisotopic (exact) mass is 375 g/mol. The maximum absolute atomic E-state index is 6.06. The molecule has 0 bridgehead atoms. The lowest BCUT2D eigenvalue weighted by Gasteiger charge is -2.29. The summed E-state index contributed by atoms with van der Waals surface area (Å²) in [6, 6.07) is 11.3. The van der Waals surface area contributed by atoms with Crippen LogP contribution in [-0.2, 0) is 12.8 Å². The third kappa shape index (κ3) is 5.21. The zero-order chi connectivity index (χ0) is 17.6. The highest BCUT2D eigenvalue weighted by atomic mass is 35.5. The number of rotatable bonds is 6. The molecule has 2 aromatic rings. The number of hydrogen-bond acceptors (Lipinski definition) is 1. The second kappa shape index (κ2) is 9.05. The van der Waals surface area contributed by atoms with Gasteiger partial charge in [0.15, 0.2) is 0 Å². The maximum atomic E-state index is 6.06. The van der Waals surface area contributed by atoms with Gasteiger partial charge in [0.2, 0.25) is 0 Å². The molecule has 1 nitrogen and oxygen atoms in total. The highest BCUT2D eigenvalue weighted by molar-refractivity contribution is 6.41. The van der Waals surface area contributed by atoms with Gasteiger partial charge in [-0.25, -0.2) is 4.98 Å². The summed E-state index contributed by atoms with van der Waals surface area (Å²) >= 11 is 11.9. The Morgan fingerprint density at radius 1 is 0.960 bits per heavy atom. The minimum absolute atomic E-state index is 0.399. The highest BCUT2D eigenvalue weighted by Gasteiger charge is 2.22. The summed E-state index contributed by atoms with van der Waals surface area (Å²) < 4.78 is 0. The Kier molecular flexibility index (Phi) is 6.78. The summed E-state index contributed by atoms with van der Waals surface area (Å²) in [5, 5.41) is 0.963. The Balaban J connectivity index is 1.47. The van der Waals surface area contributed by atoms with Gasteiger partial charge in [-0.1, -0.05) is 60.8 Å². The number of halogens is 2. The second-order valence-electron chi connectivity index (χ2n) is 7.36. The van der Waals surface area contributed by atoms with Crippen LogP contribution < -0.4 is 0 Å². The molecule has 1 fully saturated rings. The van der Waals surface area contributed by atoms with Crippen LogP contribution >= 0.6 is 23.2 Å². The zero-order valence-corrected chi connectivity index (χ0v) is 16.5. The van der Waals surface area contributed by atoms with Crippen LogP contribution in [0, 0.1) is 5.92 Å². The quantitative estimate of drug-likeness (QED) is 0.484. The number of aryl methyl sites for hydroxylation is 2. The molecule has 0 radical (unpaired) electrons. The SMILES string of the molecule is CCCc1ccc(C2CCC(CCc3cnc(Cl)c(Cl)c3)CC2)cc1. The van der Waals surface area contributed by atoms with Gasteiger partial charge in [0.05, 0.1) is 5.02 Å². The van der Waals surface area contributed by atoms with Crippen molar-refractivity contribution in [1.82, 2.24) is 4.98 Å². The molecule has 1 aromatic heterocycles. The smallest absolute Gasteiger partial charge is 0.147 e. The summed E-state index contributed by atoms with van der Waals surface area (Å²) in [6.45, 7) is 2.24. The van der Waals surface area contributed by atoms with Crippen LogP contribution in [0.5, 0.6) is 0 Å². The minimum atomic E-state index is 0.399. The third-order valence-corrected chi connectivity index (χ3v) is 6.22. The van der Waals surface area contributed by atoms with Crippen LogP contribution in [0.4, 0.5) is 0 Å². The topological polar surface area (TPSA) is 12.9 Å². The summed E-state index contributed by atoms with van der Waals surface area (Å²) in [5.41, 5.74) is 4.20. The van der Waals surface area contributed by atoms with E-state index in [9.17, 15) is 0 Å². The van der Waals surface area contributed by atoms with Gasteiger partial charge in [0, 0.05) is 6.20 Å². The van der Waals surface area contributed by atoms with E-state index in [0.29, 0.717) is 10.2 Å². The summed E-state index contributed by atoms with van der Waals surface area (Å²) in [6.07, 6.45) is 11.8. The molecular weight excluding hydrogens is 349 g/mol. The van der Waals surface area contributed by atoms with Crippen molar-refractivity contribution in [3.63, 3.8) is 0 Å². The van der Waals surface area contributed by atoms with Crippen LogP contribution in [0.3, 0.4) is 0 Å². The van der Waals surface area contributed by atoms with Crippen molar-refractivity contribution in [3.8, 4) is 0 Å². The van der Waals surface area contributed by atoms with Gasteiger partial charge in [0.1, 0.15) is 5.15 Å². The molecule has 134 valence electrons. The Morgan fingerprint density at radius 2 is 1.68 bits per heavy atom. The molecule has 25 heavy (non-hydrogen) atoms. The fraction of sp³-hybridized carbons (Fsp3) is 0.500. The number of hydrogen-bond donors (Lipinski definition) is 0. The predicted molar refractivity (Wildman–Crippen MR) is 108 cm³/mol. The summed E-state index contributed by atoms with van der Waals surface area (Å²) in [4.78, 5) is 4.15. The zero-order valence-electron chi connectivity index (χ0n) is 15.0. The van der Waals surface area contributed by atoms with Crippen molar-refractivity contribution in [2.24, 2.45) is 5.92 Å². The molecule has 3 heteroatoms. The molecule has 1 heterocycles. The molecule has 1 aliphatic rings. The first kappa shape index (κ1) is 18.7.